The zero-order valence-electron chi connectivity index (χ0n) is 7.89. The largest absolute Gasteiger partial charge is 0.351 e. The standard InChI is InChI=1S/C9H18N2O/c1-3-5-7-8(6-4-2)11-9(10)12/h7H,3-6H2,1-2H3,(H3,10,11,12)/b8-7+. The molecule has 0 aliphatic heterocycles. The highest BCUT2D eigenvalue weighted by Crippen LogP contribution is 2.03. The lowest BCUT2D eigenvalue weighted by Gasteiger charge is -2.05. The van der Waals surface area contributed by atoms with Gasteiger partial charge in [-0.15, -0.1) is 0 Å². The number of urea groups is 1. The second-order valence-electron chi connectivity index (χ2n) is 2.76. The summed E-state index contributed by atoms with van der Waals surface area (Å²) in [6, 6.07) is -0.467. The molecule has 0 aromatic rings. The Hall–Kier alpha value is -0.990. The molecule has 0 saturated carbocycles. The maximum Gasteiger partial charge on any atom is 0.316 e. The lowest BCUT2D eigenvalue weighted by Crippen LogP contribution is -2.28. The fraction of sp³-hybridized carbons (Fsp3) is 0.667. The molecule has 0 saturated heterocycles. The summed E-state index contributed by atoms with van der Waals surface area (Å²) in [6.07, 6.45) is 6.04. The molecular formula is C9H18N2O. The zero-order chi connectivity index (χ0) is 9.40. The van der Waals surface area contributed by atoms with Crippen molar-refractivity contribution in [2.45, 2.75) is 39.5 Å². The van der Waals surface area contributed by atoms with Gasteiger partial charge in [0.05, 0.1) is 0 Å². The number of hydrogen-bond donors (Lipinski definition) is 2. The summed E-state index contributed by atoms with van der Waals surface area (Å²) in [5.41, 5.74) is 5.96. The Bertz CT molecular complexity index is 164. The van der Waals surface area contributed by atoms with Gasteiger partial charge in [0.1, 0.15) is 0 Å². The smallest absolute Gasteiger partial charge is 0.316 e. The van der Waals surface area contributed by atoms with Crippen LogP contribution in [0.15, 0.2) is 11.8 Å². The van der Waals surface area contributed by atoms with Gasteiger partial charge in [0.25, 0.3) is 0 Å². The van der Waals surface area contributed by atoms with Crippen molar-refractivity contribution >= 4 is 6.03 Å². The fourth-order valence-corrected chi connectivity index (χ4v) is 0.962. The molecular weight excluding hydrogens is 152 g/mol. The van der Waals surface area contributed by atoms with Gasteiger partial charge in [0.15, 0.2) is 0 Å². The Balaban J connectivity index is 3.93. The molecule has 0 rings (SSSR count). The summed E-state index contributed by atoms with van der Waals surface area (Å²) in [7, 11) is 0. The predicted octanol–water partition coefficient (Wildman–Crippen LogP) is 2.14. The third-order valence-electron chi connectivity index (χ3n) is 1.48. The summed E-state index contributed by atoms with van der Waals surface area (Å²) in [6.45, 7) is 4.17. The lowest BCUT2D eigenvalue weighted by atomic mass is 10.2. The number of carbonyl (C=O) groups is 1. The molecule has 0 aliphatic carbocycles. The van der Waals surface area contributed by atoms with E-state index in [2.05, 4.69) is 19.2 Å². The highest BCUT2D eigenvalue weighted by molar-refractivity contribution is 5.73. The van der Waals surface area contributed by atoms with Gasteiger partial charge in [0.2, 0.25) is 0 Å². The number of amides is 2. The minimum Gasteiger partial charge on any atom is -0.351 e. The van der Waals surface area contributed by atoms with Crippen LogP contribution in [0.1, 0.15) is 39.5 Å². The van der Waals surface area contributed by atoms with Gasteiger partial charge in [-0.3, -0.25) is 0 Å². The van der Waals surface area contributed by atoms with Crippen molar-refractivity contribution in [2.75, 3.05) is 0 Å². The third-order valence-corrected chi connectivity index (χ3v) is 1.48. The number of hydrogen-bond acceptors (Lipinski definition) is 1. The molecule has 0 unspecified atom stereocenters. The molecule has 0 atom stereocenters. The van der Waals surface area contributed by atoms with E-state index in [9.17, 15) is 4.79 Å². The molecule has 12 heavy (non-hydrogen) atoms. The van der Waals surface area contributed by atoms with Crippen LogP contribution in [0.2, 0.25) is 0 Å². The monoisotopic (exact) mass is 170 g/mol. The molecule has 0 aliphatic rings. The predicted molar refractivity (Wildman–Crippen MR) is 50.6 cm³/mol. The highest BCUT2D eigenvalue weighted by Gasteiger charge is 1.97. The number of allylic oxidation sites excluding steroid dienone is 2. The van der Waals surface area contributed by atoms with Crippen molar-refractivity contribution in [3.05, 3.63) is 11.8 Å². The second kappa shape index (κ2) is 6.70. The first-order valence-electron chi connectivity index (χ1n) is 4.46. The first-order valence-corrected chi connectivity index (χ1v) is 4.46. The van der Waals surface area contributed by atoms with Crippen LogP contribution in [0.4, 0.5) is 4.79 Å². The van der Waals surface area contributed by atoms with Crippen molar-refractivity contribution in [2.24, 2.45) is 5.73 Å². The van der Waals surface area contributed by atoms with Crippen LogP contribution in [0, 0.1) is 0 Å². The highest BCUT2D eigenvalue weighted by atomic mass is 16.2. The van der Waals surface area contributed by atoms with Crippen molar-refractivity contribution in [3.63, 3.8) is 0 Å². The average Bonchev–Trinajstić information content (AvgIpc) is 2.00. The van der Waals surface area contributed by atoms with E-state index in [-0.39, 0.29) is 0 Å². The number of nitrogens with two attached hydrogens (primary N) is 1. The van der Waals surface area contributed by atoms with Crippen LogP contribution in [-0.2, 0) is 0 Å². The Labute approximate surface area is 74.0 Å². The Morgan fingerprint density at radius 1 is 1.42 bits per heavy atom. The van der Waals surface area contributed by atoms with Crippen molar-refractivity contribution < 1.29 is 4.79 Å². The topological polar surface area (TPSA) is 55.1 Å². The normalized spacial score (nSPS) is 11.3. The summed E-state index contributed by atoms with van der Waals surface area (Å²) < 4.78 is 0. The fourth-order valence-electron chi connectivity index (χ4n) is 0.962. The molecule has 3 N–H and O–H groups in total. The summed E-state index contributed by atoms with van der Waals surface area (Å²) in [4.78, 5) is 10.5. The second-order valence-corrected chi connectivity index (χ2v) is 2.76. The third kappa shape index (κ3) is 5.77. The molecule has 3 nitrogen and oxygen atoms in total. The molecule has 70 valence electrons. The zero-order valence-corrected chi connectivity index (χ0v) is 7.89. The van der Waals surface area contributed by atoms with E-state index < -0.39 is 6.03 Å². The van der Waals surface area contributed by atoms with Crippen molar-refractivity contribution in [1.29, 1.82) is 0 Å². The number of rotatable bonds is 5. The molecule has 0 aromatic carbocycles. The van der Waals surface area contributed by atoms with Gasteiger partial charge in [-0.1, -0.05) is 32.8 Å². The molecule has 0 heterocycles. The maximum absolute atomic E-state index is 10.5. The Morgan fingerprint density at radius 2 is 2.08 bits per heavy atom. The van der Waals surface area contributed by atoms with Crippen molar-refractivity contribution in [1.82, 2.24) is 5.32 Å². The first-order chi connectivity index (χ1) is 5.70. The first kappa shape index (κ1) is 11.0. The average molecular weight is 170 g/mol. The van der Waals surface area contributed by atoms with Gasteiger partial charge in [-0.2, -0.15) is 0 Å². The lowest BCUT2D eigenvalue weighted by molar-refractivity contribution is 0.251. The van der Waals surface area contributed by atoms with Crippen LogP contribution < -0.4 is 11.1 Å². The maximum atomic E-state index is 10.5. The van der Waals surface area contributed by atoms with Crippen LogP contribution in [0.25, 0.3) is 0 Å². The van der Waals surface area contributed by atoms with Gasteiger partial charge in [-0.05, 0) is 12.8 Å². The number of carbonyl (C=O) groups excluding carboxylic acids is 1. The quantitative estimate of drug-likeness (QED) is 0.652. The summed E-state index contributed by atoms with van der Waals surface area (Å²) in [5.74, 6) is 0. The van der Waals surface area contributed by atoms with E-state index in [1.165, 1.54) is 0 Å². The van der Waals surface area contributed by atoms with Crippen LogP contribution in [0.3, 0.4) is 0 Å². The molecule has 0 spiro atoms. The molecule has 0 bridgehead atoms. The Kier molecular flexibility index (Phi) is 6.15. The molecule has 0 aromatic heterocycles. The molecule has 0 radical (unpaired) electrons. The van der Waals surface area contributed by atoms with E-state index in [1.807, 2.05) is 6.08 Å². The minimum absolute atomic E-state index is 0.467. The van der Waals surface area contributed by atoms with Gasteiger partial charge < -0.3 is 11.1 Å². The summed E-state index contributed by atoms with van der Waals surface area (Å²) in [5, 5.41) is 2.62. The van der Waals surface area contributed by atoms with Gasteiger partial charge in [-0.25, -0.2) is 4.79 Å². The molecule has 2 amide bonds. The van der Waals surface area contributed by atoms with E-state index in [0.717, 1.165) is 31.4 Å². The minimum atomic E-state index is -0.467. The van der Waals surface area contributed by atoms with Crippen molar-refractivity contribution in [3.8, 4) is 0 Å². The Morgan fingerprint density at radius 3 is 2.50 bits per heavy atom. The van der Waals surface area contributed by atoms with Crippen LogP contribution in [0.5, 0.6) is 0 Å². The van der Waals surface area contributed by atoms with E-state index in [4.69, 9.17) is 5.73 Å². The number of nitrogens with one attached hydrogen (secondary N) is 1. The van der Waals surface area contributed by atoms with Crippen LogP contribution >= 0.6 is 0 Å². The van der Waals surface area contributed by atoms with E-state index in [1.54, 1.807) is 0 Å². The molecule has 0 fully saturated rings. The number of unbranched alkanes of at least 4 members (excludes halogenated alkanes) is 1. The number of primary amides is 1. The van der Waals surface area contributed by atoms with Crippen LogP contribution in [-0.4, -0.2) is 6.03 Å². The van der Waals surface area contributed by atoms with E-state index in [0.29, 0.717) is 0 Å². The van der Waals surface area contributed by atoms with Gasteiger partial charge >= 0.3 is 6.03 Å². The van der Waals surface area contributed by atoms with E-state index >= 15 is 0 Å². The SMILES string of the molecule is CCC/C=C(\CCC)NC(N)=O. The summed E-state index contributed by atoms with van der Waals surface area (Å²) >= 11 is 0. The van der Waals surface area contributed by atoms with Gasteiger partial charge in [0, 0.05) is 5.70 Å². The molecule has 3 heteroatoms.